The summed E-state index contributed by atoms with van der Waals surface area (Å²) in [5.74, 6) is -0.921. The number of nitrogens with two attached hydrogens (primary N) is 1. The number of hydrogen-bond donors (Lipinski definition) is 2. The van der Waals surface area contributed by atoms with Gasteiger partial charge in [-0.05, 0) is 68.3 Å². The Balaban J connectivity index is 1.53. The van der Waals surface area contributed by atoms with Crippen LogP contribution in [0.3, 0.4) is 0 Å². The highest BCUT2D eigenvalue weighted by molar-refractivity contribution is 8.11. The average molecular weight is 549 g/mol. The number of thioether (sulfide) groups is 1. The van der Waals surface area contributed by atoms with Crippen molar-refractivity contribution in [1.29, 1.82) is 5.26 Å². The predicted octanol–water partition coefficient (Wildman–Crippen LogP) is 4.64. The summed E-state index contributed by atoms with van der Waals surface area (Å²) in [6, 6.07) is 9.16. The molecule has 0 atom stereocenters. The molecule has 0 spiro atoms. The Hall–Kier alpha value is -3.68. The van der Waals surface area contributed by atoms with Crippen molar-refractivity contribution in [2.24, 2.45) is 5.92 Å². The second-order valence-electron chi connectivity index (χ2n) is 9.28. The summed E-state index contributed by atoms with van der Waals surface area (Å²) < 4.78 is 4.67. The molecule has 3 rings (SSSR count). The van der Waals surface area contributed by atoms with Gasteiger partial charge in [-0.3, -0.25) is 14.7 Å². The van der Waals surface area contributed by atoms with Crippen molar-refractivity contribution in [3.05, 3.63) is 70.2 Å². The van der Waals surface area contributed by atoms with Crippen molar-refractivity contribution < 1.29 is 14.3 Å². The topological polar surface area (TPSA) is 134 Å². The Morgan fingerprint density at radius 1 is 1.31 bits per heavy atom. The van der Waals surface area contributed by atoms with Crippen molar-refractivity contribution in [2.75, 3.05) is 39.0 Å². The highest BCUT2D eigenvalue weighted by atomic mass is 32.2. The molecular formula is C29H36N6O3S. The minimum atomic E-state index is -0.813. The molecule has 0 bridgehead atoms. The van der Waals surface area contributed by atoms with Crippen LogP contribution >= 0.6 is 11.8 Å². The SMILES string of the molecule is CC=C(CN1CCC(CNC(=O)c2cc(N)c(C#N)c(C(=O)OC)n2)CC1)SC(=CCCC)c1ccccn1. The number of anilines is 1. The third-order valence-corrected chi connectivity index (χ3v) is 7.73. The number of nitriles is 1. The monoisotopic (exact) mass is 548 g/mol. The lowest BCUT2D eigenvalue weighted by Gasteiger charge is -2.32. The van der Waals surface area contributed by atoms with E-state index in [1.54, 1.807) is 11.8 Å². The fraction of sp³-hybridized carbons (Fsp3) is 0.414. The van der Waals surface area contributed by atoms with Crippen LogP contribution in [0.1, 0.15) is 71.8 Å². The molecule has 1 saturated heterocycles. The first-order chi connectivity index (χ1) is 18.9. The highest BCUT2D eigenvalue weighted by Crippen LogP contribution is 2.34. The molecule has 0 aromatic carbocycles. The van der Waals surface area contributed by atoms with Gasteiger partial charge in [0.15, 0.2) is 5.69 Å². The van der Waals surface area contributed by atoms with Gasteiger partial charge < -0.3 is 15.8 Å². The molecule has 0 radical (unpaired) electrons. The lowest BCUT2D eigenvalue weighted by Crippen LogP contribution is -2.39. The Labute approximate surface area is 234 Å². The number of nitrogens with one attached hydrogen (secondary N) is 1. The van der Waals surface area contributed by atoms with Gasteiger partial charge in [0.05, 0.1) is 18.5 Å². The number of pyridine rings is 2. The van der Waals surface area contributed by atoms with Gasteiger partial charge in [0.25, 0.3) is 5.91 Å². The number of ether oxygens (including phenoxy) is 1. The predicted molar refractivity (Wildman–Crippen MR) is 155 cm³/mol. The molecule has 3 N–H and O–H groups in total. The molecule has 3 heterocycles. The number of esters is 1. The maximum Gasteiger partial charge on any atom is 0.358 e. The van der Waals surface area contributed by atoms with Crippen LogP contribution in [-0.2, 0) is 4.74 Å². The maximum atomic E-state index is 12.8. The van der Waals surface area contributed by atoms with Gasteiger partial charge in [0, 0.05) is 24.2 Å². The van der Waals surface area contributed by atoms with Gasteiger partial charge in [0.1, 0.15) is 17.3 Å². The summed E-state index contributed by atoms with van der Waals surface area (Å²) in [4.78, 5) is 38.3. The summed E-state index contributed by atoms with van der Waals surface area (Å²) in [5.41, 5.74) is 6.53. The first kappa shape index (κ1) is 29.9. The van der Waals surface area contributed by atoms with E-state index in [0.717, 1.165) is 51.0 Å². The zero-order valence-electron chi connectivity index (χ0n) is 22.8. The van der Waals surface area contributed by atoms with Crippen molar-refractivity contribution in [3.8, 4) is 6.07 Å². The van der Waals surface area contributed by atoms with Gasteiger partial charge in [-0.25, -0.2) is 9.78 Å². The van der Waals surface area contributed by atoms with Gasteiger partial charge >= 0.3 is 5.97 Å². The van der Waals surface area contributed by atoms with E-state index in [-0.39, 0.29) is 22.6 Å². The molecule has 2 aromatic heterocycles. The number of amides is 1. The van der Waals surface area contributed by atoms with Crippen molar-refractivity contribution in [3.63, 3.8) is 0 Å². The number of aromatic nitrogens is 2. The van der Waals surface area contributed by atoms with E-state index in [4.69, 9.17) is 5.73 Å². The van der Waals surface area contributed by atoms with E-state index in [0.29, 0.717) is 12.5 Å². The minimum Gasteiger partial charge on any atom is -0.464 e. The summed E-state index contributed by atoms with van der Waals surface area (Å²) >= 11 is 1.79. The number of nitrogens with zero attached hydrogens (tertiary/aromatic N) is 4. The number of unbranched alkanes of at least 4 members (excludes halogenated alkanes) is 1. The molecular weight excluding hydrogens is 512 g/mol. The van der Waals surface area contributed by atoms with Crippen molar-refractivity contribution >= 4 is 34.2 Å². The lowest BCUT2D eigenvalue weighted by molar-refractivity contribution is 0.0593. The molecule has 1 aliphatic rings. The Morgan fingerprint density at radius 2 is 2.08 bits per heavy atom. The van der Waals surface area contributed by atoms with Crippen molar-refractivity contribution in [2.45, 2.75) is 39.5 Å². The summed E-state index contributed by atoms with van der Waals surface area (Å²) in [7, 11) is 1.18. The summed E-state index contributed by atoms with van der Waals surface area (Å²) in [6.45, 7) is 7.50. The molecule has 10 heteroatoms. The second-order valence-corrected chi connectivity index (χ2v) is 10.5. The molecule has 1 amide bonds. The molecule has 1 fully saturated rings. The number of allylic oxidation sites excluding steroid dienone is 2. The lowest BCUT2D eigenvalue weighted by atomic mass is 9.96. The molecule has 0 saturated carbocycles. The number of carbonyl (C=O) groups excluding carboxylic acids is 2. The van der Waals surface area contributed by atoms with Gasteiger partial charge in [0.2, 0.25) is 0 Å². The van der Waals surface area contributed by atoms with Crippen LogP contribution in [0.5, 0.6) is 0 Å². The third-order valence-electron chi connectivity index (χ3n) is 6.51. The summed E-state index contributed by atoms with van der Waals surface area (Å²) in [6.07, 6.45) is 10.3. The van der Waals surface area contributed by atoms with E-state index in [9.17, 15) is 14.9 Å². The fourth-order valence-electron chi connectivity index (χ4n) is 4.25. The standard InChI is InChI=1S/C29H36N6O3S/c1-4-6-10-26(24-9-7-8-13-32-24)39-21(5-2)19-35-14-11-20(12-15-35)18-33-28(36)25-16-23(31)22(17-30)27(34-25)29(37)38-3/h5,7-10,13,16,20H,4,6,11-12,14-15,18-19H2,1-3H3,(H2,31,34)(H,33,36). The van der Waals surface area contributed by atoms with Crippen LogP contribution in [0.15, 0.2) is 47.5 Å². The zero-order chi connectivity index (χ0) is 28.2. The van der Waals surface area contributed by atoms with E-state index in [2.05, 4.69) is 57.0 Å². The van der Waals surface area contributed by atoms with Gasteiger partial charge in [-0.2, -0.15) is 5.26 Å². The van der Waals surface area contributed by atoms with Crippen LogP contribution < -0.4 is 11.1 Å². The number of piperidine rings is 1. The number of carbonyl (C=O) groups is 2. The normalized spacial score (nSPS) is 15.0. The molecule has 1 aliphatic heterocycles. The number of likely N-dealkylation sites (tertiary alicyclic amines) is 1. The van der Waals surface area contributed by atoms with Gasteiger partial charge in [-0.15, -0.1) is 0 Å². The smallest absolute Gasteiger partial charge is 0.358 e. The molecule has 206 valence electrons. The average Bonchev–Trinajstić information content (AvgIpc) is 2.97. The Kier molecular flexibility index (Phi) is 11.5. The number of hydrogen-bond acceptors (Lipinski definition) is 9. The van der Waals surface area contributed by atoms with Gasteiger partial charge in [-0.1, -0.05) is 43.3 Å². The number of nitrogen functional groups attached to an aromatic ring is 1. The molecule has 2 aromatic rings. The maximum absolute atomic E-state index is 12.8. The van der Waals surface area contributed by atoms with E-state index in [1.165, 1.54) is 23.0 Å². The fourth-order valence-corrected chi connectivity index (χ4v) is 5.32. The highest BCUT2D eigenvalue weighted by Gasteiger charge is 2.23. The molecule has 9 nitrogen and oxygen atoms in total. The Morgan fingerprint density at radius 3 is 2.69 bits per heavy atom. The number of methoxy groups -OCH3 is 1. The van der Waals surface area contributed by atoms with Crippen LogP contribution in [0.2, 0.25) is 0 Å². The second kappa shape index (κ2) is 15.0. The Bertz CT molecular complexity index is 1250. The van der Waals surface area contributed by atoms with Crippen LogP contribution in [-0.4, -0.2) is 60.0 Å². The zero-order valence-corrected chi connectivity index (χ0v) is 23.6. The van der Waals surface area contributed by atoms with Crippen molar-refractivity contribution in [1.82, 2.24) is 20.2 Å². The van der Waals surface area contributed by atoms with E-state index < -0.39 is 11.9 Å². The molecule has 0 aliphatic carbocycles. The largest absolute Gasteiger partial charge is 0.464 e. The summed E-state index contributed by atoms with van der Waals surface area (Å²) in [5, 5.41) is 12.2. The first-order valence-electron chi connectivity index (χ1n) is 13.1. The minimum absolute atomic E-state index is 0.0137. The van der Waals surface area contributed by atoms with E-state index >= 15 is 0 Å². The number of rotatable bonds is 11. The first-order valence-corrected chi connectivity index (χ1v) is 14.0. The molecule has 39 heavy (non-hydrogen) atoms. The van der Waals surface area contributed by atoms with Crippen LogP contribution in [0, 0.1) is 17.2 Å². The van der Waals surface area contributed by atoms with E-state index in [1.807, 2.05) is 24.4 Å². The third kappa shape index (κ3) is 8.40. The quantitative estimate of drug-likeness (QED) is 0.385. The molecule has 0 unspecified atom stereocenters. The van der Waals surface area contributed by atoms with Crippen LogP contribution in [0.4, 0.5) is 5.69 Å². The van der Waals surface area contributed by atoms with Crippen LogP contribution in [0.25, 0.3) is 4.91 Å².